The lowest BCUT2D eigenvalue weighted by atomic mass is 9.89. The third-order valence-electron chi connectivity index (χ3n) is 11.4. The van der Waals surface area contributed by atoms with Crippen molar-refractivity contribution in [1.82, 2.24) is 8.80 Å². The van der Waals surface area contributed by atoms with Crippen LogP contribution in [0.3, 0.4) is 0 Å². The molecule has 0 fully saturated rings. The second kappa shape index (κ2) is 7.94. The van der Waals surface area contributed by atoms with E-state index >= 15 is 0 Å². The fourth-order valence-electron chi connectivity index (χ4n) is 9.66. The standard InChI is InChI=1S/C46H24N2/c1-3-16-37-30(10-1)33-13-7-15-35-43-39(47(37)45(33)35)24-36-34-14-6-12-32-31-11-2-4-17-38(31)48(44(32)34)46(36)42(43)29-22-27-20-18-25-8-5-9-26-19-21-28(23-29)41(27)40(25)26/h1-24H. The molecule has 13 rings (SSSR count). The van der Waals surface area contributed by atoms with Crippen LogP contribution < -0.4 is 0 Å². The maximum Gasteiger partial charge on any atom is 0.0627 e. The van der Waals surface area contributed by atoms with Crippen molar-refractivity contribution in [1.29, 1.82) is 0 Å². The lowest BCUT2D eigenvalue weighted by molar-refractivity contribution is 1.36. The van der Waals surface area contributed by atoms with Gasteiger partial charge in [-0.25, -0.2) is 0 Å². The summed E-state index contributed by atoms with van der Waals surface area (Å²) in [6.45, 7) is 0. The highest BCUT2D eigenvalue weighted by Crippen LogP contribution is 2.50. The van der Waals surface area contributed by atoms with Gasteiger partial charge in [-0.2, -0.15) is 0 Å². The van der Waals surface area contributed by atoms with Crippen LogP contribution in [-0.4, -0.2) is 8.80 Å². The maximum absolute atomic E-state index is 2.57. The summed E-state index contributed by atoms with van der Waals surface area (Å²) >= 11 is 0. The van der Waals surface area contributed by atoms with E-state index in [1.807, 2.05) is 0 Å². The smallest absolute Gasteiger partial charge is 0.0627 e. The van der Waals surface area contributed by atoms with Gasteiger partial charge in [-0.15, -0.1) is 0 Å². The van der Waals surface area contributed by atoms with Crippen LogP contribution in [0.5, 0.6) is 0 Å². The molecule has 4 heterocycles. The molecule has 9 aromatic carbocycles. The first-order chi connectivity index (χ1) is 23.8. The molecule has 0 N–H and O–H groups in total. The van der Waals surface area contributed by atoms with Crippen molar-refractivity contribution in [2.24, 2.45) is 0 Å². The maximum atomic E-state index is 2.57. The van der Waals surface area contributed by atoms with E-state index in [2.05, 4.69) is 154 Å². The van der Waals surface area contributed by atoms with Crippen molar-refractivity contribution in [3.63, 3.8) is 0 Å². The van der Waals surface area contributed by atoms with E-state index in [1.54, 1.807) is 0 Å². The summed E-state index contributed by atoms with van der Waals surface area (Å²) in [6.07, 6.45) is 0. The van der Waals surface area contributed by atoms with Gasteiger partial charge in [0.1, 0.15) is 0 Å². The van der Waals surface area contributed by atoms with E-state index < -0.39 is 0 Å². The second-order valence-corrected chi connectivity index (χ2v) is 13.7. The molecular formula is C46H24N2. The zero-order valence-electron chi connectivity index (χ0n) is 25.8. The average Bonchev–Trinajstić information content (AvgIpc) is 3.86. The highest BCUT2D eigenvalue weighted by atomic mass is 14.9. The molecule has 0 aliphatic carbocycles. The van der Waals surface area contributed by atoms with Gasteiger partial charge in [-0.05, 0) is 68.2 Å². The predicted octanol–water partition coefficient (Wildman–Crippen LogP) is 12.6. The van der Waals surface area contributed by atoms with Crippen molar-refractivity contribution in [3.8, 4) is 11.1 Å². The number of benzene rings is 9. The Morgan fingerprint density at radius 1 is 0.292 bits per heavy atom. The van der Waals surface area contributed by atoms with E-state index in [0.29, 0.717) is 0 Å². The van der Waals surface area contributed by atoms with Crippen LogP contribution in [0.2, 0.25) is 0 Å². The van der Waals surface area contributed by atoms with Crippen LogP contribution in [0.4, 0.5) is 0 Å². The fraction of sp³-hybridized carbons (Fsp3) is 0. The van der Waals surface area contributed by atoms with Gasteiger partial charge >= 0.3 is 0 Å². The second-order valence-electron chi connectivity index (χ2n) is 13.7. The zero-order chi connectivity index (χ0) is 30.8. The Hall–Kier alpha value is -6.38. The Kier molecular flexibility index (Phi) is 3.95. The van der Waals surface area contributed by atoms with Crippen LogP contribution in [0, 0.1) is 0 Å². The zero-order valence-corrected chi connectivity index (χ0v) is 25.8. The summed E-state index contributed by atoms with van der Waals surface area (Å²) in [5.74, 6) is 0. The van der Waals surface area contributed by atoms with Crippen molar-refractivity contribution < 1.29 is 0 Å². The van der Waals surface area contributed by atoms with Gasteiger partial charge in [-0.1, -0.05) is 115 Å². The molecule has 0 amide bonds. The third-order valence-corrected chi connectivity index (χ3v) is 11.4. The minimum atomic E-state index is 1.26. The Balaban J connectivity index is 1.34. The van der Waals surface area contributed by atoms with E-state index in [1.165, 1.54) is 120 Å². The summed E-state index contributed by atoms with van der Waals surface area (Å²) in [6, 6.07) is 54.9. The summed E-state index contributed by atoms with van der Waals surface area (Å²) < 4.78 is 5.11. The summed E-state index contributed by atoms with van der Waals surface area (Å²) in [4.78, 5) is 0. The van der Waals surface area contributed by atoms with Gasteiger partial charge in [0, 0.05) is 48.7 Å². The lowest BCUT2D eigenvalue weighted by Crippen LogP contribution is -1.91. The highest BCUT2D eigenvalue weighted by molar-refractivity contribution is 6.34. The molecule has 13 aromatic rings. The minimum Gasteiger partial charge on any atom is -0.308 e. The fourth-order valence-corrected chi connectivity index (χ4v) is 9.66. The van der Waals surface area contributed by atoms with Gasteiger partial charge in [0.25, 0.3) is 0 Å². The number of hydrogen-bond donors (Lipinski definition) is 0. The van der Waals surface area contributed by atoms with Gasteiger partial charge in [-0.3, -0.25) is 0 Å². The quantitative estimate of drug-likeness (QED) is 0.165. The molecule has 0 unspecified atom stereocenters. The predicted molar refractivity (Wildman–Crippen MR) is 205 cm³/mol. The van der Waals surface area contributed by atoms with Gasteiger partial charge in [0.2, 0.25) is 0 Å². The molecule has 4 aromatic heterocycles. The number of nitrogens with zero attached hydrogens (tertiary/aromatic N) is 2. The molecule has 0 spiro atoms. The van der Waals surface area contributed by atoms with Crippen molar-refractivity contribution in [3.05, 3.63) is 146 Å². The van der Waals surface area contributed by atoms with E-state index in [0.717, 1.165) is 0 Å². The summed E-state index contributed by atoms with van der Waals surface area (Å²) in [7, 11) is 0. The van der Waals surface area contributed by atoms with Gasteiger partial charge in [0.15, 0.2) is 0 Å². The van der Waals surface area contributed by atoms with E-state index in [9.17, 15) is 0 Å². The van der Waals surface area contributed by atoms with Crippen LogP contribution >= 0.6 is 0 Å². The lowest BCUT2D eigenvalue weighted by Gasteiger charge is -2.15. The molecule has 0 saturated heterocycles. The number of hydrogen-bond acceptors (Lipinski definition) is 0. The topological polar surface area (TPSA) is 8.82 Å². The summed E-state index contributed by atoms with van der Waals surface area (Å²) in [5, 5.41) is 18.4. The summed E-state index contributed by atoms with van der Waals surface area (Å²) in [5.41, 5.74) is 10.3. The molecule has 0 aliphatic heterocycles. The number of rotatable bonds is 1. The molecule has 218 valence electrons. The Bertz CT molecular complexity index is 3430. The Labute approximate surface area is 273 Å². The van der Waals surface area contributed by atoms with E-state index in [4.69, 9.17) is 0 Å². The molecule has 0 aliphatic rings. The number of para-hydroxylation sites is 4. The van der Waals surface area contributed by atoms with Crippen LogP contribution in [-0.2, 0) is 0 Å². The van der Waals surface area contributed by atoms with Gasteiger partial charge < -0.3 is 8.80 Å². The largest absolute Gasteiger partial charge is 0.308 e. The molecule has 0 bridgehead atoms. The normalized spacial score (nSPS) is 13.0. The van der Waals surface area contributed by atoms with Crippen molar-refractivity contribution >= 4 is 109 Å². The molecule has 0 atom stereocenters. The van der Waals surface area contributed by atoms with Crippen LogP contribution in [0.15, 0.2) is 146 Å². The third kappa shape index (κ3) is 2.57. The van der Waals surface area contributed by atoms with Crippen LogP contribution in [0.25, 0.3) is 120 Å². The minimum absolute atomic E-state index is 1.26. The molecule has 0 saturated carbocycles. The molecule has 2 nitrogen and oxygen atoms in total. The van der Waals surface area contributed by atoms with E-state index in [-0.39, 0.29) is 0 Å². The van der Waals surface area contributed by atoms with Crippen molar-refractivity contribution in [2.45, 2.75) is 0 Å². The van der Waals surface area contributed by atoms with Gasteiger partial charge in [0.05, 0.1) is 33.1 Å². The SMILES string of the molecule is c1cc2ccc3cc(-c4c5c6cccc7c8ccccc8n(c5cc5c8cccc9c%10ccccc%10n(c45)c98)c76)cc4ccc(c1)c2c34. The van der Waals surface area contributed by atoms with Crippen LogP contribution in [0.1, 0.15) is 0 Å². The van der Waals surface area contributed by atoms with Crippen molar-refractivity contribution in [2.75, 3.05) is 0 Å². The number of fused-ring (bicyclic) bond motifs is 12. The number of aromatic nitrogens is 2. The first-order valence-electron chi connectivity index (χ1n) is 16.8. The highest BCUT2D eigenvalue weighted by Gasteiger charge is 2.26. The first-order valence-corrected chi connectivity index (χ1v) is 16.8. The molecule has 0 radical (unpaired) electrons. The Morgan fingerprint density at radius 3 is 1.48 bits per heavy atom. The monoisotopic (exact) mass is 604 g/mol. The molecule has 2 heteroatoms. The molecule has 48 heavy (non-hydrogen) atoms. The Morgan fingerprint density at radius 2 is 0.792 bits per heavy atom. The average molecular weight is 605 g/mol. The molecular weight excluding hydrogens is 581 g/mol. The first kappa shape index (κ1) is 23.9.